The highest BCUT2D eigenvalue weighted by atomic mass is 16.2. The number of benzene rings is 4. The lowest BCUT2D eigenvalue weighted by atomic mass is 10.1. The molecule has 0 aliphatic heterocycles. The van der Waals surface area contributed by atoms with Crippen LogP contribution in [0.2, 0.25) is 0 Å². The van der Waals surface area contributed by atoms with E-state index in [0.717, 1.165) is 32.9 Å². The Labute approximate surface area is 175 Å². The van der Waals surface area contributed by atoms with Crippen LogP contribution in [0.25, 0.3) is 21.5 Å². The first-order chi connectivity index (χ1) is 14.7. The molecule has 0 aromatic heterocycles. The minimum absolute atomic E-state index is 0.0270. The lowest BCUT2D eigenvalue weighted by Crippen LogP contribution is -2.13. The number of carbonyl (C=O) groups is 2. The van der Waals surface area contributed by atoms with E-state index in [9.17, 15) is 9.59 Å². The van der Waals surface area contributed by atoms with Gasteiger partial charge in [-0.1, -0.05) is 72.8 Å². The zero-order valence-electron chi connectivity index (χ0n) is 16.7. The van der Waals surface area contributed by atoms with Crippen molar-refractivity contribution in [3.05, 3.63) is 84.9 Å². The number of nitrogens with one attached hydrogen (secondary N) is 2. The summed E-state index contributed by atoms with van der Waals surface area (Å²) < 4.78 is 0. The standard InChI is InChI=1S/C26H24N2O2/c29-25(27-23-15-7-11-19-9-1-3-13-21(19)23)17-5-6-18-26(30)28-24-16-8-12-20-10-2-4-14-22(20)24/h1-4,7-16H,5-6,17-18H2,(H,27,29)(H,28,30). The second-order valence-corrected chi connectivity index (χ2v) is 7.36. The highest BCUT2D eigenvalue weighted by Crippen LogP contribution is 2.24. The second-order valence-electron chi connectivity index (χ2n) is 7.36. The molecule has 30 heavy (non-hydrogen) atoms. The van der Waals surface area contributed by atoms with Crippen molar-refractivity contribution < 1.29 is 9.59 Å². The van der Waals surface area contributed by atoms with Crippen LogP contribution < -0.4 is 10.6 Å². The summed E-state index contributed by atoms with van der Waals surface area (Å²) >= 11 is 0. The van der Waals surface area contributed by atoms with Crippen LogP contribution in [0.4, 0.5) is 11.4 Å². The van der Waals surface area contributed by atoms with E-state index in [-0.39, 0.29) is 11.8 Å². The molecule has 0 spiro atoms. The minimum Gasteiger partial charge on any atom is -0.326 e. The fourth-order valence-corrected chi connectivity index (χ4v) is 3.67. The van der Waals surface area contributed by atoms with Crippen molar-refractivity contribution in [3.63, 3.8) is 0 Å². The van der Waals surface area contributed by atoms with Gasteiger partial charge >= 0.3 is 0 Å². The molecule has 4 rings (SSSR count). The van der Waals surface area contributed by atoms with Crippen molar-refractivity contribution in [2.24, 2.45) is 0 Å². The molecule has 4 aromatic rings. The van der Waals surface area contributed by atoms with Crippen LogP contribution in [0.1, 0.15) is 25.7 Å². The Bertz CT molecular complexity index is 1090. The van der Waals surface area contributed by atoms with Crippen molar-refractivity contribution in [3.8, 4) is 0 Å². The third kappa shape index (κ3) is 4.66. The predicted molar refractivity (Wildman–Crippen MR) is 124 cm³/mol. The van der Waals surface area contributed by atoms with E-state index in [4.69, 9.17) is 0 Å². The third-order valence-corrected chi connectivity index (χ3v) is 5.19. The first kappa shape index (κ1) is 19.6. The number of fused-ring (bicyclic) bond motifs is 2. The molecule has 0 saturated heterocycles. The average molecular weight is 396 g/mol. The Morgan fingerprint density at radius 2 is 0.933 bits per heavy atom. The molecule has 0 heterocycles. The molecule has 0 saturated carbocycles. The molecule has 0 bridgehead atoms. The van der Waals surface area contributed by atoms with Crippen LogP contribution in [0.5, 0.6) is 0 Å². The molecule has 2 amide bonds. The summed E-state index contributed by atoms with van der Waals surface area (Å²) in [7, 11) is 0. The van der Waals surface area contributed by atoms with Gasteiger partial charge in [0.05, 0.1) is 0 Å². The van der Waals surface area contributed by atoms with Gasteiger partial charge in [0.1, 0.15) is 0 Å². The molecule has 2 N–H and O–H groups in total. The summed E-state index contributed by atoms with van der Waals surface area (Å²) in [6.45, 7) is 0. The molecule has 4 heteroatoms. The number of rotatable bonds is 7. The van der Waals surface area contributed by atoms with E-state index in [1.54, 1.807) is 0 Å². The summed E-state index contributed by atoms with van der Waals surface area (Å²) in [5.74, 6) is -0.0540. The third-order valence-electron chi connectivity index (χ3n) is 5.19. The summed E-state index contributed by atoms with van der Waals surface area (Å²) in [6.07, 6.45) is 2.12. The topological polar surface area (TPSA) is 58.2 Å². The van der Waals surface area contributed by atoms with Crippen LogP contribution in [0.3, 0.4) is 0 Å². The molecule has 4 nitrogen and oxygen atoms in total. The largest absolute Gasteiger partial charge is 0.326 e. The molecule has 0 atom stereocenters. The summed E-state index contributed by atoms with van der Waals surface area (Å²) in [5.41, 5.74) is 1.65. The Kier molecular flexibility index (Phi) is 6.04. The molecule has 0 aliphatic rings. The van der Waals surface area contributed by atoms with Gasteiger partial charge in [0.2, 0.25) is 11.8 Å². The zero-order chi connectivity index (χ0) is 20.8. The lowest BCUT2D eigenvalue weighted by Gasteiger charge is -2.10. The first-order valence-corrected chi connectivity index (χ1v) is 10.3. The van der Waals surface area contributed by atoms with Crippen molar-refractivity contribution in [2.75, 3.05) is 10.6 Å². The van der Waals surface area contributed by atoms with Gasteiger partial charge in [-0.05, 0) is 35.7 Å². The normalized spacial score (nSPS) is 10.8. The van der Waals surface area contributed by atoms with Crippen LogP contribution >= 0.6 is 0 Å². The average Bonchev–Trinajstić information content (AvgIpc) is 2.77. The molecule has 0 aliphatic carbocycles. The Balaban J connectivity index is 1.25. The van der Waals surface area contributed by atoms with E-state index in [1.165, 1.54) is 0 Å². The number of carbonyl (C=O) groups excluding carboxylic acids is 2. The second kappa shape index (κ2) is 9.23. The Morgan fingerprint density at radius 3 is 1.40 bits per heavy atom. The molecule has 4 aromatic carbocycles. The van der Waals surface area contributed by atoms with Crippen molar-refractivity contribution in [2.45, 2.75) is 25.7 Å². The van der Waals surface area contributed by atoms with Crippen molar-refractivity contribution >= 4 is 44.7 Å². The number of anilines is 2. The summed E-state index contributed by atoms with van der Waals surface area (Å²) in [6, 6.07) is 27.7. The van der Waals surface area contributed by atoms with Gasteiger partial charge in [-0.15, -0.1) is 0 Å². The van der Waals surface area contributed by atoms with Crippen LogP contribution in [0, 0.1) is 0 Å². The molecule has 0 radical (unpaired) electrons. The van der Waals surface area contributed by atoms with Gasteiger partial charge in [0, 0.05) is 35.0 Å². The van der Waals surface area contributed by atoms with E-state index in [2.05, 4.69) is 10.6 Å². The Hall–Kier alpha value is -3.66. The van der Waals surface area contributed by atoms with Crippen LogP contribution in [-0.4, -0.2) is 11.8 Å². The van der Waals surface area contributed by atoms with Gasteiger partial charge in [-0.25, -0.2) is 0 Å². The minimum atomic E-state index is -0.0270. The zero-order valence-corrected chi connectivity index (χ0v) is 16.7. The number of amides is 2. The summed E-state index contributed by atoms with van der Waals surface area (Å²) in [5, 5.41) is 10.2. The van der Waals surface area contributed by atoms with Crippen molar-refractivity contribution in [1.82, 2.24) is 0 Å². The summed E-state index contributed by atoms with van der Waals surface area (Å²) in [4.78, 5) is 24.7. The number of hydrogen-bond acceptors (Lipinski definition) is 2. The highest BCUT2D eigenvalue weighted by molar-refractivity contribution is 6.03. The Morgan fingerprint density at radius 1 is 0.533 bits per heavy atom. The smallest absolute Gasteiger partial charge is 0.224 e. The monoisotopic (exact) mass is 396 g/mol. The quantitative estimate of drug-likeness (QED) is 0.369. The van der Waals surface area contributed by atoms with Gasteiger partial charge < -0.3 is 10.6 Å². The number of hydrogen-bond donors (Lipinski definition) is 2. The van der Waals surface area contributed by atoms with E-state index >= 15 is 0 Å². The van der Waals surface area contributed by atoms with Gasteiger partial charge in [-0.3, -0.25) is 9.59 Å². The van der Waals surface area contributed by atoms with Gasteiger partial charge in [-0.2, -0.15) is 0 Å². The molecule has 0 fully saturated rings. The maximum Gasteiger partial charge on any atom is 0.224 e. The fourth-order valence-electron chi connectivity index (χ4n) is 3.67. The van der Waals surface area contributed by atoms with E-state index < -0.39 is 0 Å². The maximum absolute atomic E-state index is 12.3. The maximum atomic E-state index is 12.3. The van der Waals surface area contributed by atoms with Crippen LogP contribution in [-0.2, 0) is 9.59 Å². The first-order valence-electron chi connectivity index (χ1n) is 10.3. The van der Waals surface area contributed by atoms with Gasteiger partial charge in [0.25, 0.3) is 0 Å². The SMILES string of the molecule is O=C(CCCCC(=O)Nc1cccc2ccccc12)Nc1cccc2ccccc12. The van der Waals surface area contributed by atoms with Gasteiger partial charge in [0.15, 0.2) is 0 Å². The van der Waals surface area contributed by atoms with Crippen LogP contribution in [0.15, 0.2) is 84.9 Å². The highest BCUT2D eigenvalue weighted by Gasteiger charge is 2.08. The predicted octanol–water partition coefficient (Wildman–Crippen LogP) is 6.13. The van der Waals surface area contributed by atoms with E-state index in [1.807, 2.05) is 84.9 Å². The molecular weight excluding hydrogens is 372 g/mol. The molecular formula is C26H24N2O2. The fraction of sp³-hybridized carbons (Fsp3) is 0.154. The number of unbranched alkanes of at least 4 members (excludes halogenated alkanes) is 1. The molecule has 0 unspecified atom stereocenters. The van der Waals surface area contributed by atoms with Crippen molar-refractivity contribution in [1.29, 1.82) is 0 Å². The molecule has 150 valence electrons. The van der Waals surface area contributed by atoms with E-state index in [0.29, 0.717) is 25.7 Å². The lowest BCUT2D eigenvalue weighted by molar-refractivity contribution is -0.118.